The highest BCUT2D eigenvalue weighted by molar-refractivity contribution is 5.92. The van der Waals surface area contributed by atoms with E-state index in [4.69, 9.17) is 0 Å². The number of fused-ring (bicyclic) bond motifs is 1. The predicted molar refractivity (Wildman–Crippen MR) is 144 cm³/mol. The lowest BCUT2D eigenvalue weighted by molar-refractivity contribution is 0.0691. The average molecular weight is 525 g/mol. The van der Waals surface area contributed by atoms with Crippen molar-refractivity contribution in [3.63, 3.8) is 0 Å². The Morgan fingerprint density at radius 1 is 1.20 bits per heavy atom. The second-order valence-corrected chi connectivity index (χ2v) is 8.67. The lowest BCUT2D eigenvalue weighted by Crippen LogP contribution is -2.38. The number of H-pyrrole nitrogens is 2. The largest absolute Gasteiger partial charge is 0.506 e. The van der Waals surface area contributed by atoms with Crippen molar-refractivity contribution in [3.8, 4) is 17.0 Å². The quantitative estimate of drug-likeness (QED) is 0.270. The summed E-state index contributed by atoms with van der Waals surface area (Å²) in [5.41, 5.74) is 2.29. The van der Waals surface area contributed by atoms with E-state index in [0.29, 0.717) is 23.7 Å². The van der Waals surface area contributed by atoms with Crippen molar-refractivity contribution >= 4 is 41.7 Å². The molecule has 1 saturated heterocycles. The van der Waals surface area contributed by atoms with Crippen LogP contribution in [-0.4, -0.2) is 63.3 Å². The van der Waals surface area contributed by atoms with Gasteiger partial charge in [-0.1, -0.05) is 19.9 Å². The summed E-state index contributed by atoms with van der Waals surface area (Å²) in [5, 5.41) is 24.3. The normalized spacial score (nSPS) is 15.7. The minimum atomic E-state index is -1.44. The molecule has 0 aliphatic carbocycles. The maximum Gasteiger partial charge on any atom is 0.345 e. The molecule has 0 saturated carbocycles. The second kappa shape index (κ2) is 12.4. The molecule has 1 unspecified atom stereocenters. The first kappa shape index (κ1) is 28.7. The maximum atomic E-state index is 12.3. The number of nitrogens with one attached hydrogen (secondary N) is 3. The lowest BCUT2D eigenvalue weighted by Gasteiger charge is -2.22. The number of carboxylic acids is 1. The van der Waals surface area contributed by atoms with E-state index in [-0.39, 0.29) is 24.8 Å². The molecule has 3 heterocycles. The molecule has 0 spiro atoms. The zero-order valence-corrected chi connectivity index (χ0v) is 21.7. The van der Waals surface area contributed by atoms with Crippen molar-refractivity contribution in [1.29, 1.82) is 0 Å². The average Bonchev–Trinajstić information content (AvgIpc) is 3.41. The van der Waals surface area contributed by atoms with Crippen LogP contribution < -0.4 is 10.9 Å². The molecule has 1 fully saturated rings. The number of nitrogens with zero attached hydrogens (tertiary/aromatic N) is 1. The molecule has 2 aromatic heterocycles. The highest BCUT2D eigenvalue weighted by atomic mass is 35.5. The molecule has 4 rings (SSSR count). The van der Waals surface area contributed by atoms with E-state index in [1.54, 1.807) is 0 Å². The first-order valence-electron chi connectivity index (χ1n) is 11.7. The third-order valence-electron chi connectivity index (χ3n) is 6.68. The summed E-state index contributed by atoms with van der Waals surface area (Å²) >= 11 is 0. The number of hydrogen-bond acceptors (Lipinski definition) is 5. The molecular weight excluding hydrogens is 491 g/mol. The fraction of sp³-hybridized carbons (Fsp3) is 0.440. The number of aromatic nitrogens is 2. The van der Waals surface area contributed by atoms with Crippen LogP contribution >= 0.6 is 24.8 Å². The molecule has 0 bridgehead atoms. The highest BCUT2D eigenvalue weighted by Gasteiger charge is 2.23. The number of pyridine rings is 1. The van der Waals surface area contributed by atoms with Gasteiger partial charge in [-0.05, 0) is 62.5 Å². The standard InChI is InChI=1S/C25H32N4O4.2ClH/c1-3-19-22(28-24(31)21(23(19)30)25(32)33)15-7-8-20-16(12-15)13-17(27-20)9-10-26-14-18-6-5-11-29(18)4-2;;/h7-8,12-13,18,26-27H,3-6,9-11,14H2,1-2H3,(H,32,33)(H2,28,30,31);2*1H. The Kier molecular flexibility index (Phi) is 10.2. The summed E-state index contributed by atoms with van der Waals surface area (Å²) in [6, 6.07) is 8.50. The van der Waals surface area contributed by atoms with E-state index in [2.05, 4.69) is 33.2 Å². The van der Waals surface area contributed by atoms with Crippen LogP contribution in [-0.2, 0) is 12.8 Å². The van der Waals surface area contributed by atoms with Crippen LogP contribution in [0.25, 0.3) is 22.2 Å². The molecule has 10 heteroatoms. The van der Waals surface area contributed by atoms with Gasteiger partial charge >= 0.3 is 5.97 Å². The molecule has 35 heavy (non-hydrogen) atoms. The van der Waals surface area contributed by atoms with Crippen LogP contribution in [0.4, 0.5) is 0 Å². The third-order valence-corrected chi connectivity index (χ3v) is 6.68. The Bertz CT molecular complexity index is 1220. The fourth-order valence-electron chi connectivity index (χ4n) is 4.93. The Balaban J connectivity index is 0.00000216. The maximum absolute atomic E-state index is 12.3. The van der Waals surface area contributed by atoms with Crippen molar-refractivity contribution in [2.45, 2.75) is 45.6 Å². The molecular formula is C25H34Cl2N4O4. The summed E-state index contributed by atoms with van der Waals surface area (Å²) in [6.07, 6.45) is 3.82. The smallest absolute Gasteiger partial charge is 0.345 e. The molecule has 3 aromatic rings. The van der Waals surface area contributed by atoms with Crippen molar-refractivity contribution in [2.24, 2.45) is 0 Å². The molecule has 0 amide bonds. The van der Waals surface area contributed by atoms with Crippen LogP contribution in [0, 0.1) is 0 Å². The number of rotatable bonds is 9. The zero-order valence-electron chi connectivity index (χ0n) is 20.0. The van der Waals surface area contributed by atoms with Crippen LogP contribution in [0.15, 0.2) is 29.1 Å². The van der Waals surface area contributed by atoms with Gasteiger partial charge in [0.05, 0.1) is 5.69 Å². The van der Waals surface area contributed by atoms with Crippen molar-refractivity contribution < 1.29 is 15.0 Å². The first-order valence-corrected chi connectivity index (χ1v) is 11.7. The molecule has 1 aliphatic rings. The Morgan fingerprint density at radius 2 is 1.97 bits per heavy atom. The Labute approximate surface area is 216 Å². The minimum Gasteiger partial charge on any atom is -0.506 e. The minimum absolute atomic E-state index is 0. The zero-order chi connectivity index (χ0) is 23.5. The van der Waals surface area contributed by atoms with Gasteiger partial charge in [0.2, 0.25) is 0 Å². The summed E-state index contributed by atoms with van der Waals surface area (Å²) in [7, 11) is 0. The summed E-state index contributed by atoms with van der Waals surface area (Å²) in [5.74, 6) is -1.90. The van der Waals surface area contributed by atoms with Gasteiger partial charge < -0.3 is 25.5 Å². The van der Waals surface area contributed by atoms with Gasteiger partial charge in [0.25, 0.3) is 5.56 Å². The van der Waals surface area contributed by atoms with Gasteiger partial charge in [-0.3, -0.25) is 9.69 Å². The number of aromatic amines is 2. The van der Waals surface area contributed by atoms with Gasteiger partial charge in [-0.2, -0.15) is 0 Å². The number of aromatic carboxylic acids is 1. The van der Waals surface area contributed by atoms with Gasteiger partial charge in [0.15, 0.2) is 5.56 Å². The van der Waals surface area contributed by atoms with E-state index >= 15 is 0 Å². The monoisotopic (exact) mass is 524 g/mol. The summed E-state index contributed by atoms with van der Waals surface area (Å²) in [4.78, 5) is 32.3. The molecule has 192 valence electrons. The molecule has 1 aromatic carbocycles. The first-order chi connectivity index (χ1) is 15.9. The molecule has 1 atom stereocenters. The number of benzene rings is 1. The summed E-state index contributed by atoms with van der Waals surface area (Å²) in [6.45, 7) is 8.26. The van der Waals surface area contributed by atoms with Crippen molar-refractivity contribution in [1.82, 2.24) is 20.2 Å². The topological polar surface area (TPSA) is 121 Å². The van der Waals surface area contributed by atoms with Crippen LogP contribution in [0.2, 0.25) is 0 Å². The Hall–Kier alpha value is -2.52. The van der Waals surface area contributed by atoms with Crippen LogP contribution in [0.1, 0.15) is 48.3 Å². The number of halogens is 2. The summed E-state index contributed by atoms with van der Waals surface area (Å²) < 4.78 is 0. The lowest BCUT2D eigenvalue weighted by atomic mass is 9.99. The number of hydrogen-bond donors (Lipinski definition) is 5. The van der Waals surface area contributed by atoms with Crippen LogP contribution in [0.3, 0.4) is 0 Å². The Morgan fingerprint density at radius 3 is 2.66 bits per heavy atom. The van der Waals surface area contributed by atoms with Crippen LogP contribution in [0.5, 0.6) is 5.75 Å². The van der Waals surface area contributed by atoms with Gasteiger partial charge in [0, 0.05) is 41.3 Å². The van der Waals surface area contributed by atoms with E-state index < -0.39 is 22.8 Å². The second-order valence-electron chi connectivity index (χ2n) is 8.67. The predicted octanol–water partition coefficient (Wildman–Crippen LogP) is 3.95. The highest BCUT2D eigenvalue weighted by Crippen LogP contribution is 2.31. The van der Waals surface area contributed by atoms with Gasteiger partial charge in [0.1, 0.15) is 5.75 Å². The van der Waals surface area contributed by atoms with Crippen molar-refractivity contribution in [3.05, 3.63) is 51.4 Å². The number of carboxylic acid groups (broad SMARTS) is 1. The number of likely N-dealkylation sites (N-methyl/N-ethyl adjacent to an activating group) is 1. The van der Waals surface area contributed by atoms with Crippen molar-refractivity contribution in [2.75, 3.05) is 26.2 Å². The third kappa shape index (κ3) is 6.01. The molecule has 0 radical (unpaired) electrons. The molecule has 8 nitrogen and oxygen atoms in total. The number of aromatic hydroxyl groups is 1. The SMILES string of the molecule is CCc1c(-c2ccc3[nH]c(CCNCC4CCCN4CC)cc3c2)[nH]c(=O)c(C(=O)O)c1O.Cl.Cl. The van der Waals surface area contributed by atoms with Gasteiger partial charge in [-0.25, -0.2) is 4.79 Å². The van der Waals surface area contributed by atoms with E-state index in [1.165, 1.54) is 19.4 Å². The van der Waals surface area contributed by atoms with E-state index in [1.807, 2.05) is 25.1 Å². The fourth-order valence-corrected chi connectivity index (χ4v) is 4.93. The molecule has 5 N–H and O–H groups in total. The van der Waals surface area contributed by atoms with Gasteiger partial charge in [-0.15, -0.1) is 24.8 Å². The number of carbonyl (C=O) groups is 1. The van der Waals surface area contributed by atoms with E-state index in [0.717, 1.165) is 48.2 Å². The number of likely N-dealkylation sites (tertiary alicyclic amines) is 1. The molecule has 1 aliphatic heterocycles. The van der Waals surface area contributed by atoms with E-state index in [9.17, 15) is 19.8 Å².